The monoisotopic (exact) mass is 475 g/mol. The predicted molar refractivity (Wildman–Crippen MR) is 122 cm³/mol. The first-order valence-corrected chi connectivity index (χ1v) is 11.6. The van der Waals surface area contributed by atoms with Gasteiger partial charge in [-0.1, -0.05) is 0 Å². The fourth-order valence-electron chi connectivity index (χ4n) is 2.81. The number of thioether (sulfide) groups is 1. The number of ether oxygens (including phenoxy) is 3. The van der Waals surface area contributed by atoms with E-state index in [1.165, 1.54) is 25.1 Å². The first kappa shape index (κ1) is 23.4. The van der Waals surface area contributed by atoms with Crippen molar-refractivity contribution in [3.05, 3.63) is 53.1 Å². The average molecular weight is 476 g/mol. The molecule has 1 aromatic carbocycles. The summed E-state index contributed by atoms with van der Waals surface area (Å²) in [4.78, 5) is 38.3. The molecule has 1 amide bonds. The van der Waals surface area contributed by atoms with E-state index in [1.807, 2.05) is 6.26 Å². The maximum Gasteiger partial charge on any atom is 0.342 e. The van der Waals surface area contributed by atoms with Gasteiger partial charge in [0.25, 0.3) is 5.91 Å². The number of furan rings is 1. The number of esters is 2. The Balaban J connectivity index is 1.71. The van der Waals surface area contributed by atoms with Gasteiger partial charge in [0.2, 0.25) is 0 Å². The molecule has 0 unspecified atom stereocenters. The molecule has 10 heteroatoms. The third kappa shape index (κ3) is 5.32. The van der Waals surface area contributed by atoms with E-state index in [4.69, 9.17) is 18.6 Å². The lowest BCUT2D eigenvalue weighted by atomic mass is 10.1. The van der Waals surface area contributed by atoms with Crippen molar-refractivity contribution >= 4 is 45.9 Å². The quantitative estimate of drug-likeness (QED) is 0.350. The van der Waals surface area contributed by atoms with Crippen LogP contribution in [0, 0.1) is 0 Å². The molecule has 1 N–H and O–H groups in total. The zero-order valence-electron chi connectivity index (χ0n) is 17.6. The lowest BCUT2D eigenvalue weighted by Gasteiger charge is -2.10. The van der Waals surface area contributed by atoms with E-state index in [0.29, 0.717) is 17.1 Å². The van der Waals surface area contributed by atoms with E-state index in [1.54, 1.807) is 42.6 Å². The van der Waals surface area contributed by atoms with E-state index in [-0.39, 0.29) is 22.7 Å². The van der Waals surface area contributed by atoms with Gasteiger partial charge in [0.15, 0.2) is 6.61 Å². The number of thiophene rings is 1. The second kappa shape index (κ2) is 10.9. The third-order valence-corrected chi connectivity index (χ3v) is 5.89. The van der Waals surface area contributed by atoms with Gasteiger partial charge in [-0.2, -0.15) is 0 Å². The van der Waals surface area contributed by atoms with Gasteiger partial charge in [0.05, 0.1) is 20.0 Å². The molecule has 8 nitrogen and oxygen atoms in total. The molecule has 0 fully saturated rings. The van der Waals surface area contributed by atoms with Crippen LogP contribution in [0.2, 0.25) is 0 Å². The number of nitrogens with one attached hydrogen (secondary N) is 1. The lowest BCUT2D eigenvalue weighted by Crippen LogP contribution is -2.22. The molecule has 0 aliphatic carbocycles. The Kier molecular flexibility index (Phi) is 7.96. The van der Waals surface area contributed by atoms with Crippen molar-refractivity contribution in [3.8, 4) is 17.1 Å². The summed E-state index contributed by atoms with van der Waals surface area (Å²) in [5.41, 5.74) is 0.895. The van der Waals surface area contributed by atoms with Crippen molar-refractivity contribution in [2.75, 3.05) is 31.9 Å². The highest BCUT2D eigenvalue weighted by atomic mass is 32.2. The van der Waals surface area contributed by atoms with Crippen molar-refractivity contribution < 1.29 is 33.0 Å². The number of hydrogen-bond donors (Lipinski definition) is 1. The molecule has 2 heterocycles. The summed E-state index contributed by atoms with van der Waals surface area (Å²) in [5, 5.41) is 4.57. The van der Waals surface area contributed by atoms with Gasteiger partial charge in [-0.25, -0.2) is 9.59 Å². The average Bonchev–Trinajstić information content (AvgIpc) is 3.47. The highest BCUT2D eigenvalue weighted by Gasteiger charge is 2.24. The van der Waals surface area contributed by atoms with Crippen LogP contribution < -0.4 is 10.1 Å². The molecule has 3 aromatic rings. The summed E-state index contributed by atoms with van der Waals surface area (Å²) in [6, 6.07) is 8.46. The summed E-state index contributed by atoms with van der Waals surface area (Å²) < 4.78 is 20.9. The first-order valence-electron chi connectivity index (χ1n) is 9.50. The minimum atomic E-state index is -0.697. The molecule has 32 heavy (non-hydrogen) atoms. The van der Waals surface area contributed by atoms with Gasteiger partial charge in [-0.05, 0) is 43.5 Å². The number of rotatable bonds is 9. The highest BCUT2D eigenvalue weighted by Crippen LogP contribution is 2.36. The Morgan fingerprint density at radius 2 is 1.97 bits per heavy atom. The van der Waals surface area contributed by atoms with Crippen LogP contribution in [0.1, 0.15) is 27.6 Å². The molecule has 0 aliphatic heterocycles. The number of carbonyl (C=O) groups excluding carboxylic acids is 3. The molecule has 0 bridgehead atoms. The summed E-state index contributed by atoms with van der Waals surface area (Å²) in [7, 11) is 1.45. The maximum atomic E-state index is 12.5. The standard InChI is InChI=1S/C22H21NO7S2/c1-4-28-22(26)19-15(16-6-5-9-29-16)12-32-20(19)23-18(24)11-30-21(25)14-8-7-13(31-3)10-17(14)27-2/h5-10,12H,4,11H2,1-3H3,(H,23,24). The van der Waals surface area contributed by atoms with Gasteiger partial charge in [-0.3, -0.25) is 4.79 Å². The number of amides is 1. The molecule has 3 rings (SSSR count). The topological polar surface area (TPSA) is 104 Å². The smallest absolute Gasteiger partial charge is 0.342 e. The van der Waals surface area contributed by atoms with Crippen LogP contribution in [0.4, 0.5) is 5.00 Å². The number of methoxy groups -OCH3 is 1. The normalized spacial score (nSPS) is 10.5. The molecule has 168 valence electrons. The van der Waals surface area contributed by atoms with Crippen LogP contribution in [0.25, 0.3) is 11.3 Å². The van der Waals surface area contributed by atoms with Crippen LogP contribution in [0.5, 0.6) is 5.75 Å². The molecule has 2 aromatic heterocycles. The maximum absolute atomic E-state index is 12.5. The van der Waals surface area contributed by atoms with Crippen molar-refractivity contribution in [2.45, 2.75) is 11.8 Å². The number of carbonyl (C=O) groups is 3. The Morgan fingerprint density at radius 1 is 1.16 bits per heavy atom. The Labute approximate surface area is 192 Å². The molecule has 0 aliphatic rings. The van der Waals surface area contributed by atoms with E-state index in [0.717, 1.165) is 16.2 Å². The van der Waals surface area contributed by atoms with Crippen molar-refractivity contribution in [3.63, 3.8) is 0 Å². The van der Waals surface area contributed by atoms with E-state index in [2.05, 4.69) is 5.32 Å². The van der Waals surface area contributed by atoms with E-state index < -0.39 is 24.5 Å². The number of anilines is 1. The van der Waals surface area contributed by atoms with Crippen LogP contribution in [-0.2, 0) is 14.3 Å². The molecular formula is C22H21NO7S2. The van der Waals surface area contributed by atoms with Crippen molar-refractivity contribution in [2.24, 2.45) is 0 Å². The van der Waals surface area contributed by atoms with Crippen molar-refractivity contribution in [1.82, 2.24) is 0 Å². The summed E-state index contributed by atoms with van der Waals surface area (Å²) in [5.74, 6) is -1.06. The number of hydrogen-bond acceptors (Lipinski definition) is 9. The second-order valence-corrected chi connectivity index (χ2v) is 8.00. The lowest BCUT2D eigenvalue weighted by molar-refractivity contribution is -0.119. The summed E-state index contributed by atoms with van der Waals surface area (Å²) in [6.07, 6.45) is 3.39. The SMILES string of the molecule is CCOC(=O)c1c(-c2ccco2)csc1NC(=O)COC(=O)c1ccc(SC)cc1OC. The van der Waals surface area contributed by atoms with Gasteiger partial charge >= 0.3 is 11.9 Å². The van der Waals surface area contributed by atoms with Crippen LogP contribution >= 0.6 is 23.1 Å². The van der Waals surface area contributed by atoms with Crippen LogP contribution in [0.15, 0.2) is 51.3 Å². The van der Waals surface area contributed by atoms with E-state index >= 15 is 0 Å². The van der Waals surface area contributed by atoms with Crippen LogP contribution in [-0.4, -0.2) is 44.4 Å². The fourth-order valence-corrected chi connectivity index (χ4v) is 4.19. The predicted octanol–water partition coefficient (Wildman–Crippen LogP) is 4.71. The first-order chi connectivity index (χ1) is 15.5. The van der Waals surface area contributed by atoms with Crippen molar-refractivity contribution in [1.29, 1.82) is 0 Å². The third-order valence-electron chi connectivity index (χ3n) is 4.27. The summed E-state index contributed by atoms with van der Waals surface area (Å²) >= 11 is 2.65. The van der Waals surface area contributed by atoms with E-state index in [9.17, 15) is 14.4 Å². The molecule has 0 spiro atoms. The highest BCUT2D eigenvalue weighted by molar-refractivity contribution is 7.98. The Bertz CT molecular complexity index is 1110. The number of benzene rings is 1. The van der Waals surface area contributed by atoms with Gasteiger partial charge in [0, 0.05) is 15.8 Å². The van der Waals surface area contributed by atoms with Crippen LogP contribution in [0.3, 0.4) is 0 Å². The molecular weight excluding hydrogens is 454 g/mol. The molecule has 0 atom stereocenters. The molecule has 0 saturated carbocycles. The second-order valence-electron chi connectivity index (χ2n) is 6.24. The zero-order chi connectivity index (χ0) is 23.1. The Hall–Kier alpha value is -3.24. The molecule has 0 radical (unpaired) electrons. The largest absolute Gasteiger partial charge is 0.496 e. The minimum absolute atomic E-state index is 0.175. The van der Waals surface area contributed by atoms with Gasteiger partial charge in [0.1, 0.15) is 27.6 Å². The van der Waals surface area contributed by atoms with Gasteiger partial charge < -0.3 is 23.9 Å². The Morgan fingerprint density at radius 3 is 2.62 bits per heavy atom. The fraction of sp³-hybridized carbons (Fsp3) is 0.227. The zero-order valence-corrected chi connectivity index (χ0v) is 19.3. The summed E-state index contributed by atoms with van der Waals surface area (Å²) in [6.45, 7) is 1.32. The minimum Gasteiger partial charge on any atom is -0.496 e. The van der Waals surface area contributed by atoms with Gasteiger partial charge in [-0.15, -0.1) is 23.1 Å². The molecule has 0 saturated heterocycles.